The zero-order valence-corrected chi connectivity index (χ0v) is 22.0. The minimum absolute atomic E-state index is 0.251. The number of nitrogens with two attached hydrogens (primary N) is 3. The molecule has 34 heavy (non-hydrogen) atoms. The minimum Gasteiger partial charge on any atom is -0.378 e. The monoisotopic (exact) mass is 479 g/mol. The Morgan fingerprint density at radius 1 is 0.706 bits per heavy atom. The van der Waals surface area contributed by atoms with E-state index in [0.29, 0.717) is 61.1 Å². The van der Waals surface area contributed by atoms with Crippen molar-refractivity contribution in [3.8, 4) is 0 Å². The second-order valence-corrected chi connectivity index (χ2v) is 12.3. The summed E-state index contributed by atoms with van der Waals surface area (Å²) in [5.74, 6) is 2.67. The Hall–Kier alpha value is -0.240. The van der Waals surface area contributed by atoms with Crippen LogP contribution in [-0.4, -0.2) is 57.8 Å². The molecule has 198 valence electrons. The summed E-state index contributed by atoms with van der Waals surface area (Å²) in [6.07, 6.45) is 13.9. The summed E-state index contributed by atoms with van der Waals surface area (Å²) < 4.78 is 19.7. The molecule has 0 aliphatic heterocycles. The SMILES string of the molecule is C[C@]12C[C@H](OCCCN)C3CCC[C@@]3(C)C1[C@H](OCCCN)CC1C[C@H](OCCCN)CCC12. The van der Waals surface area contributed by atoms with Gasteiger partial charge in [0.2, 0.25) is 0 Å². The number of hydrogen-bond acceptors (Lipinski definition) is 6. The third-order valence-corrected chi connectivity index (χ3v) is 10.3. The smallest absolute Gasteiger partial charge is 0.0616 e. The summed E-state index contributed by atoms with van der Waals surface area (Å²) in [4.78, 5) is 0. The van der Waals surface area contributed by atoms with E-state index in [1.807, 2.05) is 0 Å². The molecule has 4 aliphatic carbocycles. The van der Waals surface area contributed by atoms with Crippen LogP contribution in [0.2, 0.25) is 0 Å². The van der Waals surface area contributed by atoms with Crippen LogP contribution >= 0.6 is 0 Å². The molecule has 0 amide bonds. The van der Waals surface area contributed by atoms with Crippen LogP contribution in [0.1, 0.15) is 84.5 Å². The Morgan fingerprint density at radius 3 is 2.03 bits per heavy atom. The van der Waals surface area contributed by atoms with E-state index in [0.717, 1.165) is 45.0 Å². The van der Waals surface area contributed by atoms with Gasteiger partial charge in [0.1, 0.15) is 0 Å². The van der Waals surface area contributed by atoms with Gasteiger partial charge in [-0.05, 0) is 118 Å². The van der Waals surface area contributed by atoms with E-state index in [-0.39, 0.29) is 5.41 Å². The maximum Gasteiger partial charge on any atom is 0.0616 e. The Kier molecular flexibility index (Phi) is 9.36. The van der Waals surface area contributed by atoms with Gasteiger partial charge in [-0.2, -0.15) is 0 Å². The highest BCUT2D eigenvalue weighted by Crippen LogP contribution is 2.69. The molecule has 4 rings (SSSR count). The van der Waals surface area contributed by atoms with Crippen molar-refractivity contribution in [1.82, 2.24) is 0 Å². The lowest BCUT2D eigenvalue weighted by atomic mass is 9.41. The van der Waals surface area contributed by atoms with Crippen molar-refractivity contribution in [3.05, 3.63) is 0 Å². The second kappa shape index (κ2) is 11.9. The molecule has 0 aromatic carbocycles. The maximum atomic E-state index is 6.75. The molecule has 4 unspecified atom stereocenters. The molecule has 6 heteroatoms. The molecule has 0 saturated heterocycles. The van der Waals surface area contributed by atoms with Crippen LogP contribution in [0.25, 0.3) is 0 Å². The number of hydrogen-bond donors (Lipinski definition) is 3. The van der Waals surface area contributed by atoms with Gasteiger partial charge in [-0.1, -0.05) is 20.3 Å². The summed E-state index contributed by atoms with van der Waals surface area (Å²) in [5.41, 5.74) is 17.9. The van der Waals surface area contributed by atoms with Crippen LogP contribution in [-0.2, 0) is 14.2 Å². The van der Waals surface area contributed by atoms with Crippen molar-refractivity contribution < 1.29 is 14.2 Å². The molecule has 4 aliphatic rings. The van der Waals surface area contributed by atoms with Gasteiger partial charge in [-0.3, -0.25) is 0 Å². The fourth-order valence-electron chi connectivity index (χ4n) is 9.15. The number of rotatable bonds is 12. The average Bonchev–Trinajstić information content (AvgIpc) is 3.21. The Bertz CT molecular complexity index is 636. The number of fused-ring (bicyclic) bond motifs is 5. The van der Waals surface area contributed by atoms with Crippen LogP contribution in [0.3, 0.4) is 0 Å². The van der Waals surface area contributed by atoms with Crippen molar-refractivity contribution in [3.63, 3.8) is 0 Å². The molecule has 0 heterocycles. The summed E-state index contributed by atoms with van der Waals surface area (Å²) in [6, 6.07) is 0. The van der Waals surface area contributed by atoms with Gasteiger partial charge >= 0.3 is 0 Å². The van der Waals surface area contributed by atoms with Crippen molar-refractivity contribution >= 4 is 0 Å². The quantitative estimate of drug-likeness (QED) is 0.367. The summed E-state index contributed by atoms with van der Waals surface area (Å²) >= 11 is 0. The third kappa shape index (κ3) is 5.24. The van der Waals surface area contributed by atoms with E-state index in [1.165, 1.54) is 51.4 Å². The highest BCUT2D eigenvalue weighted by atomic mass is 16.5. The van der Waals surface area contributed by atoms with Gasteiger partial charge < -0.3 is 31.4 Å². The molecule has 0 aromatic heterocycles. The van der Waals surface area contributed by atoms with Crippen LogP contribution in [0, 0.1) is 34.5 Å². The first kappa shape index (κ1) is 26.8. The Labute approximate surface area is 208 Å². The molecule has 0 radical (unpaired) electrons. The molecule has 0 spiro atoms. The van der Waals surface area contributed by atoms with Gasteiger partial charge in [0.15, 0.2) is 0 Å². The highest BCUT2D eigenvalue weighted by molar-refractivity contribution is 5.15. The third-order valence-electron chi connectivity index (χ3n) is 10.3. The lowest BCUT2D eigenvalue weighted by Gasteiger charge is -2.66. The fourth-order valence-corrected chi connectivity index (χ4v) is 9.15. The van der Waals surface area contributed by atoms with E-state index >= 15 is 0 Å². The van der Waals surface area contributed by atoms with Crippen LogP contribution in [0.4, 0.5) is 0 Å². The second-order valence-electron chi connectivity index (χ2n) is 12.3. The van der Waals surface area contributed by atoms with Gasteiger partial charge in [-0.15, -0.1) is 0 Å². The first-order valence-electron chi connectivity index (χ1n) is 14.4. The molecule has 9 atom stereocenters. The zero-order chi connectivity index (χ0) is 24.2. The van der Waals surface area contributed by atoms with Crippen molar-refractivity contribution in [2.24, 2.45) is 51.7 Å². The van der Waals surface area contributed by atoms with Crippen molar-refractivity contribution in [2.45, 2.75) is 103 Å². The first-order chi connectivity index (χ1) is 16.5. The van der Waals surface area contributed by atoms with E-state index in [4.69, 9.17) is 31.4 Å². The zero-order valence-electron chi connectivity index (χ0n) is 22.0. The Balaban J connectivity index is 1.58. The minimum atomic E-state index is 0.251. The summed E-state index contributed by atoms with van der Waals surface area (Å²) in [7, 11) is 0. The fraction of sp³-hybridized carbons (Fsp3) is 1.00. The maximum absolute atomic E-state index is 6.75. The van der Waals surface area contributed by atoms with E-state index in [1.54, 1.807) is 0 Å². The van der Waals surface area contributed by atoms with Gasteiger partial charge in [0, 0.05) is 19.8 Å². The van der Waals surface area contributed by atoms with E-state index in [2.05, 4.69) is 13.8 Å². The molecule has 0 bridgehead atoms. The summed E-state index contributed by atoms with van der Waals surface area (Å²) in [6.45, 7) is 9.72. The van der Waals surface area contributed by atoms with Gasteiger partial charge in [-0.25, -0.2) is 0 Å². The van der Waals surface area contributed by atoms with Crippen molar-refractivity contribution in [1.29, 1.82) is 0 Å². The summed E-state index contributed by atoms with van der Waals surface area (Å²) in [5, 5.41) is 0. The van der Waals surface area contributed by atoms with Crippen LogP contribution in [0.5, 0.6) is 0 Å². The topological polar surface area (TPSA) is 106 Å². The molecule has 4 saturated carbocycles. The highest BCUT2D eigenvalue weighted by Gasteiger charge is 2.66. The molecule has 4 fully saturated rings. The lowest BCUT2D eigenvalue weighted by Crippen LogP contribution is -2.64. The lowest BCUT2D eigenvalue weighted by molar-refractivity contribution is -0.236. The molecular weight excluding hydrogens is 426 g/mol. The predicted molar refractivity (Wildman–Crippen MR) is 137 cm³/mol. The first-order valence-corrected chi connectivity index (χ1v) is 14.4. The molecule has 6 nitrogen and oxygen atoms in total. The van der Waals surface area contributed by atoms with Crippen molar-refractivity contribution in [2.75, 3.05) is 39.5 Å². The van der Waals surface area contributed by atoms with E-state index < -0.39 is 0 Å². The largest absolute Gasteiger partial charge is 0.378 e. The van der Waals surface area contributed by atoms with E-state index in [9.17, 15) is 0 Å². The van der Waals surface area contributed by atoms with Gasteiger partial charge in [0.05, 0.1) is 18.3 Å². The average molecular weight is 480 g/mol. The predicted octanol–water partition coefficient (Wildman–Crippen LogP) is 3.84. The molecule has 6 N–H and O–H groups in total. The van der Waals surface area contributed by atoms with Crippen LogP contribution in [0.15, 0.2) is 0 Å². The number of ether oxygens (including phenoxy) is 3. The molecular formula is C28H53N3O3. The molecule has 0 aromatic rings. The van der Waals surface area contributed by atoms with Crippen LogP contribution < -0.4 is 17.2 Å². The standard InChI is InChI=1S/C28H53N3O3/c1-27-10-3-7-23(27)25(34-16-6-13-31)19-28(2)22-9-8-21(32-14-4-11-29)17-20(22)18-24(26(27)28)33-15-5-12-30/h20-26H,3-19,29-31H2,1-2H3/t20?,21-,22?,23?,24-,25+,26?,27-,28-/m1/s1. The normalized spacial score (nSPS) is 43.9. The Morgan fingerprint density at radius 2 is 1.35 bits per heavy atom. The van der Waals surface area contributed by atoms with Gasteiger partial charge in [0.25, 0.3) is 0 Å².